The van der Waals surface area contributed by atoms with Crippen molar-refractivity contribution in [3.05, 3.63) is 51.4 Å². The van der Waals surface area contributed by atoms with Crippen LogP contribution in [-0.4, -0.2) is 29.0 Å². The van der Waals surface area contributed by atoms with Gasteiger partial charge >= 0.3 is 15.6 Å². The number of halogens is 4. The van der Waals surface area contributed by atoms with Gasteiger partial charge in [-0.1, -0.05) is 11.6 Å². The zero-order valence-electron chi connectivity index (χ0n) is 14.8. The average molecular weight is 461 g/mol. The molecule has 158 valence electrons. The molecule has 4 rings (SSSR count). The summed E-state index contributed by atoms with van der Waals surface area (Å²) in [6.07, 6.45) is 2.88. The van der Waals surface area contributed by atoms with Gasteiger partial charge in [-0.05, 0) is 42.5 Å². The van der Waals surface area contributed by atoms with E-state index in [1.54, 1.807) is 0 Å². The summed E-state index contributed by atoms with van der Waals surface area (Å²) in [6.45, 7) is 0. The highest BCUT2D eigenvalue weighted by Gasteiger charge is 2.48. The number of nitrogens with one attached hydrogen (secondary N) is 1. The molecule has 30 heavy (non-hydrogen) atoms. The first kappa shape index (κ1) is 20.5. The number of alkyl halides is 3. The monoisotopic (exact) mass is 460 g/mol. The van der Waals surface area contributed by atoms with Crippen LogP contribution in [0.5, 0.6) is 11.5 Å². The fourth-order valence-electron chi connectivity index (χ4n) is 3.10. The number of rotatable bonds is 4. The van der Waals surface area contributed by atoms with Gasteiger partial charge in [0.05, 0.1) is 16.6 Å². The Hall–Kier alpha value is -2.79. The van der Waals surface area contributed by atoms with Crippen molar-refractivity contribution in [1.82, 2.24) is 9.97 Å². The van der Waals surface area contributed by atoms with E-state index in [9.17, 15) is 31.5 Å². The summed E-state index contributed by atoms with van der Waals surface area (Å²) in [4.78, 5) is 18.5. The molecule has 0 aliphatic heterocycles. The van der Waals surface area contributed by atoms with Gasteiger partial charge in [0, 0.05) is 22.8 Å². The van der Waals surface area contributed by atoms with E-state index in [-0.39, 0.29) is 28.3 Å². The first-order valence-corrected chi connectivity index (χ1v) is 10.3. The molecule has 2 heterocycles. The standard InChI is InChI=1S/C18H12ClF3N2O5S/c19-12-4-9(25)3-10(17(12)8-1-2-8)13-5-14-11(7-23-13)15(6-16(26)24-14)29-30(27,28)18(20,21)22/h3-8,25H,1-2H2,(H,24,26). The second-order valence-corrected chi connectivity index (χ2v) is 8.70. The molecule has 0 unspecified atom stereocenters. The predicted octanol–water partition coefficient (Wildman–Crippen LogP) is 4.05. The van der Waals surface area contributed by atoms with E-state index in [1.807, 2.05) is 0 Å². The van der Waals surface area contributed by atoms with Crippen molar-refractivity contribution >= 4 is 32.6 Å². The Balaban J connectivity index is 1.87. The molecular weight excluding hydrogens is 449 g/mol. The van der Waals surface area contributed by atoms with Crippen LogP contribution in [0.15, 0.2) is 35.3 Å². The number of phenols is 1. The highest BCUT2D eigenvalue weighted by atomic mass is 35.5. The molecule has 1 aliphatic rings. The smallest absolute Gasteiger partial charge is 0.508 e. The Morgan fingerprint density at radius 3 is 2.53 bits per heavy atom. The summed E-state index contributed by atoms with van der Waals surface area (Å²) in [7, 11) is -5.97. The Bertz CT molecular complexity index is 1330. The van der Waals surface area contributed by atoms with E-state index in [2.05, 4.69) is 14.2 Å². The lowest BCUT2D eigenvalue weighted by molar-refractivity contribution is -0.0499. The number of aromatic amines is 1. The zero-order chi connectivity index (χ0) is 21.8. The molecule has 12 heteroatoms. The van der Waals surface area contributed by atoms with Crippen molar-refractivity contribution in [3.8, 4) is 22.8 Å². The highest BCUT2D eigenvalue weighted by Crippen LogP contribution is 2.48. The Labute approximate surface area is 172 Å². The molecule has 1 aromatic carbocycles. The maximum Gasteiger partial charge on any atom is 0.534 e. The summed E-state index contributed by atoms with van der Waals surface area (Å²) in [6, 6.07) is 4.78. The molecule has 0 atom stereocenters. The van der Waals surface area contributed by atoms with Gasteiger partial charge in [-0.3, -0.25) is 9.78 Å². The summed E-state index contributed by atoms with van der Waals surface area (Å²) in [5, 5.41) is 10.1. The molecule has 0 spiro atoms. The van der Waals surface area contributed by atoms with E-state index >= 15 is 0 Å². The van der Waals surface area contributed by atoms with Crippen molar-refractivity contribution in [2.24, 2.45) is 0 Å². The van der Waals surface area contributed by atoms with Crippen LogP contribution in [-0.2, 0) is 10.1 Å². The molecule has 1 fully saturated rings. The number of pyridine rings is 2. The largest absolute Gasteiger partial charge is 0.534 e. The van der Waals surface area contributed by atoms with E-state index in [1.165, 1.54) is 18.2 Å². The van der Waals surface area contributed by atoms with Gasteiger partial charge in [-0.2, -0.15) is 21.6 Å². The Morgan fingerprint density at radius 2 is 1.90 bits per heavy atom. The average Bonchev–Trinajstić information content (AvgIpc) is 3.43. The minimum Gasteiger partial charge on any atom is -0.508 e. The van der Waals surface area contributed by atoms with Crippen molar-refractivity contribution < 1.29 is 30.9 Å². The number of aromatic nitrogens is 2. The topological polar surface area (TPSA) is 109 Å². The summed E-state index contributed by atoms with van der Waals surface area (Å²) < 4.78 is 64.8. The fraction of sp³-hybridized carbons (Fsp3) is 0.222. The van der Waals surface area contributed by atoms with Crippen molar-refractivity contribution in [2.75, 3.05) is 0 Å². The van der Waals surface area contributed by atoms with Gasteiger partial charge in [-0.25, -0.2) is 0 Å². The lowest BCUT2D eigenvalue weighted by atomic mass is 9.99. The van der Waals surface area contributed by atoms with Crippen LogP contribution in [0.2, 0.25) is 5.02 Å². The third kappa shape index (κ3) is 3.70. The number of fused-ring (bicyclic) bond motifs is 1. The third-order valence-electron chi connectivity index (χ3n) is 4.55. The lowest BCUT2D eigenvalue weighted by Crippen LogP contribution is -2.28. The van der Waals surface area contributed by atoms with Gasteiger partial charge in [0.2, 0.25) is 0 Å². The van der Waals surface area contributed by atoms with Crippen LogP contribution in [0.4, 0.5) is 13.2 Å². The second kappa shape index (κ2) is 6.88. The van der Waals surface area contributed by atoms with Crippen molar-refractivity contribution in [1.29, 1.82) is 0 Å². The zero-order valence-corrected chi connectivity index (χ0v) is 16.4. The van der Waals surface area contributed by atoms with Crippen LogP contribution >= 0.6 is 11.6 Å². The Morgan fingerprint density at radius 1 is 1.20 bits per heavy atom. The van der Waals surface area contributed by atoms with Gasteiger partial charge in [-0.15, -0.1) is 0 Å². The van der Waals surface area contributed by atoms with Gasteiger partial charge in [0.15, 0.2) is 5.75 Å². The normalized spacial score (nSPS) is 14.8. The minimum absolute atomic E-state index is 0.00101. The molecule has 1 aliphatic carbocycles. The second-order valence-electron chi connectivity index (χ2n) is 6.76. The number of hydrogen-bond donors (Lipinski definition) is 2. The summed E-state index contributed by atoms with van der Waals surface area (Å²) in [5.74, 6) is -0.735. The molecular formula is C18H12ClF3N2O5S. The predicted molar refractivity (Wildman–Crippen MR) is 102 cm³/mol. The molecule has 0 saturated heterocycles. The molecule has 1 saturated carbocycles. The van der Waals surface area contributed by atoms with E-state index < -0.39 is 26.9 Å². The molecule has 2 aromatic heterocycles. The third-order valence-corrected chi connectivity index (χ3v) is 5.83. The maximum absolute atomic E-state index is 12.7. The number of phenolic OH excluding ortho intramolecular Hbond substituents is 1. The van der Waals surface area contributed by atoms with Crippen LogP contribution in [0.1, 0.15) is 24.3 Å². The van der Waals surface area contributed by atoms with Crippen molar-refractivity contribution in [2.45, 2.75) is 24.3 Å². The first-order chi connectivity index (χ1) is 14.0. The number of benzene rings is 1. The van der Waals surface area contributed by atoms with Crippen LogP contribution in [0.25, 0.3) is 22.2 Å². The molecule has 0 radical (unpaired) electrons. The molecule has 0 bridgehead atoms. The van der Waals surface area contributed by atoms with E-state index in [4.69, 9.17) is 11.6 Å². The van der Waals surface area contributed by atoms with Gasteiger partial charge in [0.1, 0.15) is 5.75 Å². The van der Waals surface area contributed by atoms with Crippen LogP contribution in [0, 0.1) is 0 Å². The molecule has 2 N–H and O–H groups in total. The Kier molecular flexibility index (Phi) is 4.70. The number of hydrogen-bond acceptors (Lipinski definition) is 6. The van der Waals surface area contributed by atoms with E-state index in [0.29, 0.717) is 16.7 Å². The van der Waals surface area contributed by atoms with Gasteiger partial charge < -0.3 is 14.3 Å². The number of nitrogens with zero attached hydrogens (tertiary/aromatic N) is 1. The van der Waals surface area contributed by atoms with Crippen LogP contribution in [0.3, 0.4) is 0 Å². The number of aromatic hydroxyl groups is 1. The SMILES string of the molecule is O=c1cc(OS(=O)(=O)C(F)(F)F)c2cnc(-c3cc(O)cc(Cl)c3C3CC3)cc2[nH]1. The molecule has 0 amide bonds. The quantitative estimate of drug-likeness (QED) is 0.449. The summed E-state index contributed by atoms with van der Waals surface area (Å²) in [5.41, 5.74) is -4.99. The van der Waals surface area contributed by atoms with Gasteiger partial charge in [0.25, 0.3) is 5.56 Å². The van der Waals surface area contributed by atoms with Crippen molar-refractivity contribution in [3.63, 3.8) is 0 Å². The number of H-pyrrole nitrogens is 1. The summed E-state index contributed by atoms with van der Waals surface area (Å²) >= 11 is 6.26. The molecule has 3 aromatic rings. The maximum atomic E-state index is 12.7. The minimum atomic E-state index is -5.97. The highest BCUT2D eigenvalue weighted by molar-refractivity contribution is 7.88. The first-order valence-electron chi connectivity index (χ1n) is 8.53. The van der Waals surface area contributed by atoms with Crippen LogP contribution < -0.4 is 9.74 Å². The fourth-order valence-corrected chi connectivity index (χ4v) is 3.94. The lowest BCUT2D eigenvalue weighted by Gasteiger charge is -2.13. The van der Waals surface area contributed by atoms with E-state index in [0.717, 1.165) is 24.6 Å². The molecule has 7 nitrogen and oxygen atoms in total.